The fourth-order valence-electron chi connectivity index (χ4n) is 9.17. The van der Waals surface area contributed by atoms with E-state index >= 15 is 0 Å². The lowest BCUT2D eigenvalue weighted by Crippen LogP contribution is -2.57. The minimum atomic E-state index is -2.48. The van der Waals surface area contributed by atoms with E-state index in [4.69, 9.17) is 28.4 Å². The van der Waals surface area contributed by atoms with Gasteiger partial charge in [-0.25, -0.2) is 4.79 Å². The van der Waals surface area contributed by atoms with Gasteiger partial charge in [0, 0.05) is 59.0 Å². The number of fused-ring (bicyclic) bond motifs is 1. The molecule has 2 heterocycles. The van der Waals surface area contributed by atoms with E-state index in [1.54, 1.807) is 41.1 Å². The van der Waals surface area contributed by atoms with Crippen molar-refractivity contribution < 1.29 is 67.7 Å². The maximum absolute atomic E-state index is 14.4. The molecule has 388 valence electrons. The van der Waals surface area contributed by atoms with E-state index in [9.17, 15) is 39.3 Å². The number of Topliss-reactive ketones (excluding diaryl/α,β-unsaturated/α-hetero) is 3. The normalized spacial score (nSPS) is 31.9. The van der Waals surface area contributed by atoms with Crippen LogP contribution < -0.4 is 0 Å². The van der Waals surface area contributed by atoms with Gasteiger partial charge in [0.2, 0.25) is 5.79 Å². The van der Waals surface area contributed by atoms with E-state index in [2.05, 4.69) is 0 Å². The van der Waals surface area contributed by atoms with E-state index in [-0.39, 0.29) is 87.5 Å². The third kappa shape index (κ3) is 18.7. The summed E-state index contributed by atoms with van der Waals surface area (Å²) in [6, 6.07) is -1.16. The summed E-state index contributed by atoms with van der Waals surface area (Å²) < 4.78 is 35.0. The molecular weight excluding hydrogens is 875 g/mol. The first-order valence-corrected chi connectivity index (χ1v) is 24.9. The van der Waals surface area contributed by atoms with Crippen molar-refractivity contribution >= 4 is 29.2 Å². The minimum Gasteiger partial charge on any atom is -0.460 e. The molecule has 0 aromatic heterocycles. The van der Waals surface area contributed by atoms with Crippen LogP contribution in [0.1, 0.15) is 133 Å². The second-order valence-corrected chi connectivity index (χ2v) is 19.1. The van der Waals surface area contributed by atoms with Crippen LogP contribution in [-0.4, -0.2) is 146 Å². The molecule has 1 amide bonds. The molecule has 1 saturated heterocycles. The van der Waals surface area contributed by atoms with Crippen LogP contribution in [0.2, 0.25) is 0 Å². The summed E-state index contributed by atoms with van der Waals surface area (Å²) >= 11 is 0. The third-order valence-electron chi connectivity index (χ3n) is 13.8. The van der Waals surface area contributed by atoms with Crippen molar-refractivity contribution in [3.63, 3.8) is 0 Å². The van der Waals surface area contributed by atoms with E-state index in [1.807, 2.05) is 71.9 Å². The largest absolute Gasteiger partial charge is 0.460 e. The van der Waals surface area contributed by atoms with Gasteiger partial charge < -0.3 is 48.6 Å². The smallest absolute Gasteiger partial charge is 0.329 e. The lowest BCUT2D eigenvalue weighted by atomic mass is 9.84. The number of ketones is 3. The Bertz CT molecular complexity index is 1710. The summed E-state index contributed by atoms with van der Waals surface area (Å²) in [5, 5.41) is 32.5. The quantitative estimate of drug-likeness (QED) is 0.0875. The molecule has 2 aliphatic heterocycles. The van der Waals surface area contributed by atoms with Gasteiger partial charge in [0.25, 0.3) is 11.7 Å². The molecule has 3 N–H and O–H groups in total. The van der Waals surface area contributed by atoms with Crippen LogP contribution in [-0.2, 0) is 52.4 Å². The second-order valence-electron chi connectivity index (χ2n) is 19.1. The Labute approximate surface area is 407 Å². The number of nitrogens with zero attached hydrogens (tertiary/aromatic N) is 1. The Morgan fingerprint density at radius 2 is 1.65 bits per heavy atom. The van der Waals surface area contributed by atoms with Gasteiger partial charge in [0.1, 0.15) is 18.2 Å². The lowest BCUT2D eigenvalue weighted by molar-refractivity contribution is -0.229. The highest BCUT2D eigenvalue weighted by Crippen LogP contribution is 2.31. The van der Waals surface area contributed by atoms with Crippen molar-refractivity contribution in [2.45, 2.75) is 181 Å². The Morgan fingerprint density at radius 1 is 0.941 bits per heavy atom. The zero-order chi connectivity index (χ0) is 51.1. The summed E-state index contributed by atoms with van der Waals surface area (Å²) in [7, 11) is 4.54. The Morgan fingerprint density at radius 3 is 2.25 bits per heavy atom. The van der Waals surface area contributed by atoms with Crippen molar-refractivity contribution in [1.82, 2.24) is 4.90 Å². The number of ether oxygens (including phenoxy) is 6. The molecule has 2 unspecified atom stereocenters. The van der Waals surface area contributed by atoms with Crippen LogP contribution in [0.3, 0.4) is 0 Å². The number of cyclic esters (lactones) is 1. The highest BCUT2D eigenvalue weighted by atomic mass is 16.6. The maximum Gasteiger partial charge on any atom is 0.329 e. The predicted octanol–water partition coefficient (Wildman–Crippen LogP) is 6.83. The molecule has 0 aromatic carbocycles. The van der Waals surface area contributed by atoms with Gasteiger partial charge in [0.05, 0.1) is 44.2 Å². The standard InChI is InChI=1S/C53H87NO14/c1-13-40(30-42(63-10)33-66-26-25-55)29-37(7)46-32-44(56)36(6)28-39(9)48(58)49(65-12)47(57)38(8)27-34(4)21-17-16-18-22-35(5)45(64-11)31-41(14-2)68-53(62,15-3)50(59)51(60)54-24-20-19-23-43(54)52(61)67-46/h16-18,21-22,28,34,37-43,45-46,48-49,55,58,62H,13-15,19-20,23-27,29-33H2,1-12H3/b18-16?,21-17?,35-22?,36-28-/t34-,37+,38-,39?,40+,41+,42-,43+,45+,46+,48-,49?,53-/m1/s1. The molecule has 68 heavy (non-hydrogen) atoms. The number of aliphatic hydroxyl groups is 3. The van der Waals surface area contributed by atoms with Gasteiger partial charge in [-0.05, 0) is 87.7 Å². The predicted molar refractivity (Wildman–Crippen MR) is 260 cm³/mol. The van der Waals surface area contributed by atoms with Crippen molar-refractivity contribution in [3.8, 4) is 0 Å². The zero-order valence-corrected chi connectivity index (χ0v) is 43.3. The van der Waals surface area contributed by atoms with Crippen LogP contribution in [0.4, 0.5) is 0 Å². The van der Waals surface area contributed by atoms with Crippen LogP contribution >= 0.6 is 0 Å². The molecule has 1 fully saturated rings. The molecule has 15 nitrogen and oxygen atoms in total. The minimum absolute atomic E-state index is 0.0118. The molecule has 2 aliphatic rings. The second kappa shape index (κ2) is 31.0. The molecule has 0 radical (unpaired) electrons. The molecule has 0 saturated carbocycles. The third-order valence-corrected chi connectivity index (χ3v) is 13.8. The first-order chi connectivity index (χ1) is 32.2. The zero-order valence-electron chi connectivity index (χ0n) is 43.3. The SMILES string of the molecule is CC[C@H](C[C@H](COCCO)OC)C[C@H](C)[C@@H]1CC(=O)/C(C)=C\C(C)[C@@H](O)C(OC)C(=O)[C@H](C)C[C@H](C)C=CC=CC=C(C)[C@@H](OC)C[C@H](CC)O[C@](O)(CC)C(=O)C(=O)N2CCCC[C@H]2C(=O)O1. The molecule has 0 aromatic rings. The number of carbonyl (C=O) groups excluding carboxylic acids is 5. The number of esters is 1. The van der Waals surface area contributed by atoms with Gasteiger partial charge in [-0.1, -0.05) is 91.3 Å². The van der Waals surface area contributed by atoms with E-state index in [1.165, 1.54) is 12.0 Å². The summed E-state index contributed by atoms with van der Waals surface area (Å²) in [6.07, 6.45) is 10.3. The highest BCUT2D eigenvalue weighted by Gasteiger charge is 2.47. The molecule has 0 aliphatic carbocycles. The summed E-state index contributed by atoms with van der Waals surface area (Å²) in [6.45, 7) is 16.8. The van der Waals surface area contributed by atoms with Crippen molar-refractivity contribution in [3.05, 3.63) is 47.6 Å². The van der Waals surface area contributed by atoms with E-state index in [0.29, 0.717) is 44.1 Å². The number of rotatable bonds is 15. The van der Waals surface area contributed by atoms with Gasteiger partial charge >= 0.3 is 5.97 Å². The number of hydrogen-bond acceptors (Lipinski definition) is 14. The van der Waals surface area contributed by atoms with Crippen LogP contribution in [0.15, 0.2) is 47.6 Å². The van der Waals surface area contributed by atoms with Crippen LogP contribution in [0.5, 0.6) is 0 Å². The van der Waals surface area contributed by atoms with Crippen LogP contribution in [0.25, 0.3) is 0 Å². The first kappa shape index (κ1) is 60.7. The Kier molecular flexibility index (Phi) is 27.7. The van der Waals surface area contributed by atoms with E-state index in [0.717, 1.165) is 12.0 Å². The number of piperidine rings is 1. The molecule has 13 atom stereocenters. The number of allylic oxidation sites excluding steroid dienone is 6. The maximum atomic E-state index is 14.4. The van der Waals surface area contributed by atoms with Gasteiger partial charge in [-0.3, -0.25) is 19.2 Å². The summed E-state index contributed by atoms with van der Waals surface area (Å²) in [5.41, 5.74) is 1.16. The highest BCUT2D eigenvalue weighted by molar-refractivity contribution is 6.39. The number of methoxy groups -OCH3 is 3. The molecule has 0 spiro atoms. The average Bonchev–Trinajstić information content (AvgIpc) is 3.33. The Hall–Kier alpha value is -3.41. The van der Waals surface area contributed by atoms with Gasteiger partial charge in [-0.15, -0.1) is 0 Å². The number of carbonyl (C=O) groups is 5. The van der Waals surface area contributed by atoms with Gasteiger partial charge in [-0.2, -0.15) is 0 Å². The average molecular weight is 962 g/mol. The van der Waals surface area contributed by atoms with E-state index < -0.39 is 71.8 Å². The molecule has 0 bridgehead atoms. The monoisotopic (exact) mass is 962 g/mol. The summed E-state index contributed by atoms with van der Waals surface area (Å²) in [5.74, 6) is -7.50. The topological polar surface area (TPSA) is 205 Å². The summed E-state index contributed by atoms with van der Waals surface area (Å²) in [4.78, 5) is 71.8. The van der Waals surface area contributed by atoms with Crippen molar-refractivity contribution in [1.29, 1.82) is 0 Å². The number of amides is 1. The fourth-order valence-corrected chi connectivity index (χ4v) is 9.17. The molecule has 2 rings (SSSR count). The van der Waals surface area contributed by atoms with Crippen LogP contribution in [0, 0.1) is 29.6 Å². The number of aliphatic hydroxyl groups excluding tert-OH is 2. The van der Waals surface area contributed by atoms with Gasteiger partial charge in [0.15, 0.2) is 11.6 Å². The molecular formula is C53H87NO14. The molecule has 15 heteroatoms. The first-order valence-electron chi connectivity index (χ1n) is 24.9. The van der Waals surface area contributed by atoms with Crippen molar-refractivity contribution in [2.24, 2.45) is 29.6 Å². The Balaban J connectivity index is 2.67. The fraction of sp³-hybridized carbons (Fsp3) is 0.755. The number of hydrogen-bond donors (Lipinski definition) is 3. The lowest BCUT2D eigenvalue weighted by Gasteiger charge is -2.37. The van der Waals surface area contributed by atoms with Crippen molar-refractivity contribution in [2.75, 3.05) is 47.7 Å².